The van der Waals surface area contributed by atoms with Crippen molar-refractivity contribution in [3.63, 3.8) is 0 Å². The van der Waals surface area contributed by atoms with Gasteiger partial charge in [0.2, 0.25) is 0 Å². The number of hydrogen-bond acceptors (Lipinski definition) is 2. The van der Waals surface area contributed by atoms with Crippen LogP contribution in [0.3, 0.4) is 0 Å². The second-order valence-electron chi connectivity index (χ2n) is 4.26. The number of carboxylic acids is 1. The summed E-state index contributed by atoms with van der Waals surface area (Å²) in [6.07, 6.45) is 2.98. The maximum atomic E-state index is 11.9. The minimum absolute atomic E-state index is 0.110. The molecule has 0 rings (SSSR count). The van der Waals surface area contributed by atoms with Crippen molar-refractivity contribution >= 4 is 34.6 Å². The van der Waals surface area contributed by atoms with Gasteiger partial charge >= 0.3 is 12.0 Å². The monoisotopic (exact) mass is 370 g/mol. The number of likely N-dealkylation sites (N-methyl/N-ethyl adjacent to an activating group) is 1. The zero-order valence-corrected chi connectivity index (χ0v) is 13.4. The number of nitrogens with one attached hydrogen (secondary N) is 1. The minimum atomic E-state index is -0.943. The average molecular weight is 370 g/mol. The van der Waals surface area contributed by atoms with E-state index in [-0.39, 0.29) is 12.1 Å². The largest absolute Gasteiger partial charge is 0.480 e. The zero-order chi connectivity index (χ0) is 14.1. The van der Waals surface area contributed by atoms with E-state index >= 15 is 0 Å². The van der Waals surface area contributed by atoms with Crippen molar-refractivity contribution in [1.82, 2.24) is 10.2 Å². The second-order valence-corrected chi connectivity index (χ2v) is 5.34. The van der Waals surface area contributed by atoms with Crippen molar-refractivity contribution < 1.29 is 14.7 Å². The Hall–Kier alpha value is -0.530. The van der Waals surface area contributed by atoms with Crippen LogP contribution in [0.15, 0.2) is 0 Å². The lowest BCUT2D eigenvalue weighted by molar-refractivity contribution is -0.142. The summed E-state index contributed by atoms with van der Waals surface area (Å²) < 4.78 is 0.892. The highest BCUT2D eigenvalue weighted by atomic mass is 127. The Morgan fingerprint density at radius 2 is 1.89 bits per heavy atom. The highest BCUT2D eigenvalue weighted by Gasteiger charge is 2.26. The summed E-state index contributed by atoms with van der Waals surface area (Å²) in [6.45, 7) is 4.00. The van der Waals surface area contributed by atoms with Crippen LogP contribution in [0.4, 0.5) is 4.79 Å². The maximum Gasteiger partial charge on any atom is 0.326 e. The smallest absolute Gasteiger partial charge is 0.326 e. The number of alkyl halides is 1. The van der Waals surface area contributed by atoms with Crippen LogP contribution in [0.1, 0.15) is 39.5 Å². The van der Waals surface area contributed by atoms with Gasteiger partial charge in [0.15, 0.2) is 0 Å². The molecule has 0 aliphatic heterocycles. The predicted molar refractivity (Wildman–Crippen MR) is 80.2 cm³/mol. The molecule has 2 N–H and O–H groups in total. The standard InChI is InChI=1S/C12H23IN2O3/c1-4-9(5-2)14-12(18)15(3)10(11(16)17)7-6-8-13/h9-10H,4-8H2,1-3H3,(H,14,18)(H,16,17)/t10-/m0/s1. The van der Waals surface area contributed by atoms with Gasteiger partial charge in [0.25, 0.3) is 0 Å². The first-order valence-electron chi connectivity index (χ1n) is 6.29. The number of carboxylic acid groups (broad SMARTS) is 1. The molecule has 0 aliphatic rings. The van der Waals surface area contributed by atoms with Gasteiger partial charge in [0.1, 0.15) is 6.04 Å². The van der Waals surface area contributed by atoms with Crippen molar-refractivity contribution in [2.24, 2.45) is 0 Å². The molecule has 5 nitrogen and oxygen atoms in total. The van der Waals surface area contributed by atoms with E-state index in [4.69, 9.17) is 5.11 Å². The lowest BCUT2D eigenvalue weighted by Crippen LogP contribution is -2.49. The number of carbonyl (C=O) groups is 2. The molecule has 0 heterocycles. The number of aliphatic carboxylic acids is 1. The summed E-state index contributed by atoms with van der Waals surface area (Å²) in [4.78, 5) is 24.4. The molecular weight excluding hydrogens is 347 g/mol. The zero-order valence-electron chi connectivity index (χ0n) is 11.3. The van der Waals surface area contributed by atoms with Crippen molar-refractivity contribution in [3.8, 4) is 0 Å². The first-order chi connectivity index (χ1) is 8.47. The van der Waals surface area contributed by atoms with Gasteiger partial charge in [-0.3, -0.25) is 0 Å². The molecule has 0 aromatic rings. The van der Waals surface area contributed by atoms with E-state index in [9.17, 15) is 9.59 Å². The fourth-order valence-electron chi connectivity index (χ4n) is 1.66. The minimum Gasteiger partial charge on any atom is -0.480 e. The maximum absolute atomic E-state index is 11.9. The number of halogens is 1. The van der Waals surface area contributed by atoms with Gasteiger partial charge in [-0.2, -0.15) is 0 Å². The van der Waals surface area contributed by atoms with Crippen LogP contribution in [0.2, 0.25) is 0 Å². The normalized spacial score (nSPS) is 12.3. The van der Waals surface area contributed by atoms with E-state index in [1.54, 1.807) is 7.05 Å². The lowest BCUT2D eigenvalue weighted by atomic mass is 10.1. The molecule has 0 aromatic carbocycles. The molecule has 0 saturated heterocycles. The molecule has 0 unspecified atom stereocenters. The first-order valence-corrected chi connectivity index (χ1v) is 7.82. The summed E-state index contributed by atoms with van der Waals surface area (Å²) in [7, 11) is 1.55. The summed E-state index contributed by atoms with van der Waals surface area (Å²) in [6, 6.07) is -0.933. The molecule has 1 atom stereocenters. The van der Waals surface area contributed by atoms with Crippen LogP contribution >= 0.6 is 22.6 Å². The Morgan fingerprint density at radius 3 is 2.28 bits per heavy atom. The fraction of sp³-hybridized carbons (Fsp3) is 0.833. The Balaban J connectivity index is 4.50. The van der Waals surface area contributed by atoms with Crippen LogP contribution in [0, 0.1) is 0 Å². The van der Waals surface area contributed by atoms with Gasteiger partial charge in [-0.25, -0.2) is 9.59 Å². The van der Waals surface area contributed by atoms with Crippen molar-refractivity contribution in [2.75, 3.05) is 11.5 Å². The van der Waals surface area contributed by atoms with Gasteiger partial charge < -0.3 is 15.3 Å². The highest BCUT2D eigenvalue weighted by molar-refractivity contribution is 14.1. The van der Waals surface area contributed by atoms with Crippen molar-refractivity contribution in [2.45, 2.75) is 51.6 Å². The second kappa shape index (κ2) is 9.41. The summed E-state index contributed by atoms with van der Waals surface area (Å²) in [5, 5.41) is 12.0. The van der Waals surface area contributed by atoms with Gasteiger partial charge in [0, 0.05) is 13.1 Å². The molecule has 0 aliphatic carbocycles. The van der Waals surface area contributed by atoms with Gasteiger partial charge in [-0.1, -0.05) is 36.4 Å². The molecule has 2 amide bonds. The molecule has 0 bridgehead atoms. The van der Waals surface area contributed by atoms with Crippen LogP contribution < -0.4 is 5.32 Å². The number of urea groups is 1. The fourth-order valence-corrected chi connectivity index (χ4v) is 2.10. The third kappa shape index (κ3) is 5.88. The molecular formula is C12H23IN2O3. The molecule has 0 aromatic heterocycles. The third-order valence-electron chi connectivity index (χ3n) is 3.00. The summed E-state index contributed by atoms with van der Waals surface area (Å²) in [5.41, 5.74) is 0. The topological polar surface area (TPSA) is 69.6 Å². The Labute approximate surface area is 122 Å². The number of nitrogens with zero attached hydrogens (tertiary/aromatic N) is 1. The highest BCUT2D eigenvalue weighted by Crippen LogP contribution is 2.08. The van der Waals surface area contributed by atoms with Gasteiger partial charge in [-0.05, 0) is 30.1 Å². The molecule has 0 radical (unpaired) electrons. The molecule has 0 saturated carbocycles. The summed E-state index contributed by atoms with van der Waals surface area (Å²) >= 11 is 2.20. The van der Waals surface area contributed by atoms with E-state index in [1.807, 2.05) is 13.8 Å². The first kappa shape index (κ1) is 17.5. The predicted octanol–water partition coefficient (Wildman–Crippen LogP) is 2.48. The average Bonchev–Trinajstić information content (AvgIpc) is 2.35. The van der Waals surface area contributed by atoms with Crippen molar-refractivity contribution in [1.29, 1.82) is 0 Å². The van der Waals surface area contributed by atoms with E-state index in [0.717, 1.165) is 23.7 Å². The molecule has 0 fully saturated rings. The number of hydrogen-bond donors (Lipinski definition) is 2. The lowest BCUT2D eigenvalue weighted by Gasteiger charge is -2.27. The van der Waals surface area contributed by atoms with Crippen LogP contribution in [-0.2, 0) is 4.79 Å². The Kier molecular flexibility index (Phi) is 9.13. The Bertz CT molecular complexity index is 270. The third-order valence-corrected chi connectivity index (χ3v) is 3.76. The van der Waals surface area contributed by atoms with E-state index in [1.165, 1.54) is 4.90 Å². The van der Waals surface area contributed by atoms with Crippen molar-refractivity contribution in [3.05, 3.63) is 0 Å². The Morgan fingerprint density at radius 1 is 1.33 bits per heavy atom. The molecule has 0 spiro atoms. The molecule has 6 heteroatoms. The van der Waals surface area contributed by atoms with Gasteiger partial charge in [0.05, 0.1) is 0 Å². The quantitative estimate of drug-likeness (QED) is 0.510. The molecule has 18 heavy (non-hydrogen) atoms. The number of carbonyl (C=O) groups excluding carboxylic acids is 1. The summed E-state index contributed by atoms with van der Waals surface area (Å²) in [5.74, 6) is -0.943. The van der Waals surface area contributed by atoms with Gasteiger partial charge in [-0.15, -0.1) is 0 Å². The van der Waals surface area contributed by atoms with E-state index in [2.05, 4.69) is 27.9 Å². The van der Waals surface area contributed by atoms with Crippen LogP contribution in [-0.4, -0.2) is 45.6 Å². The SMILES string of the molecule is CCC(CC)NC(=O)N(C)[C@@H](CCCI)C(=O)O. The molecule has 106 valence electrons. The van der Waals surface area contributed by atoms with Crippen LogP contribution in [0.25, 0.3) is 0 Å². The van der Waals surface area contributed by atoms with E-state index < -0.39 is 12.0 Å². The van der Waals surface area contributed by atoms with Crippen LogP contribution in [0.5, 0.6) is 0 Å². The number of amides is 2. The number of rotatable bonds is 8. The van der Waals surface area contributed by atoms with E-state index in [0.29, 0.717) is 6.42 Å².